The number of aromatic hydroxyl groups is 1. The molecule has 0 aliphatic carbocycles. The molecule has 1 aliphatic heterocycles. The number of carbonyl (C=O) groups is 1. The number of esters is 1. The molecule has 3 nitrogen and oxygen atoms in total. The Hall–Kier alpha value is -2.33. The third kappa shape index (κ3) is 2.39. The van der Waals surface area contributed by atoms with E-state index in [1.54, 1.807) is 6.07 Å². The van der Waals surface area contributed by atoms with Gasteiger partial charge in [0, 0.05) is 27.4 Å². The van der Waals surface area contributed by atoms with Gasteiger partial charge in [0.05, 0.1) is 6.42 Å². The molecule has 0 bridgehead atoms. The smallest absolute Gasteiger partial charge is 0.312 e. The molecule has 1 aliphatic rings. The highest BCUT2D eigenvalue weighted by atomic mass is 79.9. The second kappa shape index (κ2) is 5.39. The van der Waals surface area contributed by atoms with Crippen LogP contribution in [0.2, 0.25) is 0 Å². The minimum Gasteiger partial charge on any atom is -0.507 e. The van der Waals surface area contributed by atoms with E-state index in [1.165, 1.54) is 0 Å². The number of ether oxygens (including phenoxy) is 1. The van der Waals surface area contributed by atoms with Crippen molar-refractivity contribution in [1.29, 1.82) is 0 Å². The molecular formula is C19H13BrO3. The highest BCUT2D eigenvalue weighted by molar-refractivity contribution is 9.10. The Morgan fingerprint density at radius 2 is 1.74 bits per heavy atom. The minimum atomic E-state index is -0.278. The lowest BCUT2D eigenvalue weighted by molar-refractivity contribution is -0.135. The molecule has 3 aromatic carbocycles. The number of phenolic OH excluding ortho intramolecular Hbond substituents is 1. The summed E-state index contributed by atoms with van der Waals surface area (Å²) in [5.74, 6) is 0.221. The van der Waals surface area contributed by atoms with Crippen molar-refractivity contribution in [2.75, 3.05) is 0 Å². The van der Waals surface area contributed by atoms with Crippen LogP contribution in [-0.4, -0.2) is 11.1 Å². The van der Waals surface area contributed by atoms with Crippen LogP contribution in [0.5, 0.6) is 11.5 Å². The summed E-state index contributed by atoms with van der Waals surface area (Å²) < 4.78 is 6.38. The van der Waals surface area contributed by atoms with Gasteiger partial charge in [-0.3, -0.25) is 4.79 Å². The zero-order valence-electron chi connectivity index (χ0n) is 12.1. The molecule has 114 valence electrons. The average molecular weight is 369 g/mol. The molecular weight excluding hydrogens is 356 g/mol. The maximum absolute atomic E-state index is 12.0. The maximum atomic E-state index is 12.0. The van der Waals surface area contributed by atoms with Crippen LogP contribution in [0.25, 0.3) is 10.8 Å². The summed E-state index contributed by atoms with van der Waals surface area (Å²) in [4.78, 5) is 12.0. The van der Waals surface area contributed by atoms with Crippen molar-refractivity contribution in [2.45, 2.75) is 12.3 Å². The number of hydrogen-bond donors (Lipinski definition) is 1. The average Bonchev–Trinajstić information content (AvgIpc) is 2.55. The lowest BCUT2D eigenvalue weighted by atomic mass is 9.83. The molecule has 1 unspecified atom stereocenters. The number of halogens is 1. The van der Waals surface area contributed by atoms with Crippen molar-refractivity contribution < 1.29 is 14.6 Å². The molecule has 1 atom stereocenters. The van der Waals surface area contributed by atoms with E-state index in [1.807, 2.05) is 48.5 Å². The van der Waals surface area contributed by atoms with E-state index < -0.39 is 0 Å². The summed E-state index contributed by atoms with van der Waals surface area (Å²) in [5.41, 5.74) is 2.02. The molecule has 0 fully saturated rings. The Bertz CT molecular complexity index is 916. The van der Waals surface area contributed by atoms with Gasteiger partial charge in [-0.1, -0.05) is 52.3 Å². The van der Waals surface area contributed by atoms with Crippen molar-refractivity contribution in [3.05, 3.63) is 70.2 Å². The van der Waals surface area contributed by atoms with Gasteiger partial charge in [0.2, 0.25) is 0 Å². The Balaban J connectivity index is 2.00. The third-order valence-corrected chi connectivity index (χ3v) is 4.77. The van der Waals surface area contributed by atoms with E-state index in [0.29, 0.717) is 12.2 Å². The van der Waals surface area contributed by atoms with Crippen molar-refractivity contribution in [3.8, 4) is 11.5 Å². The fourth-order valence-electron chi connectivity index (χ4n) is 3.21. The fourth-order valence-corrected chi connectivity index (χ4v) is 3.47. The van der Waals surface area contributed by atoms with Gasteiger partial charge in [0.15, 0.2) is 0 Å². The van der Waals surface area contributed by atoms with Crippen LogP contribution >= 0.6 is 15.9 Å². The van der Waals surface area contributed by atoms with Crippen LogP contribution < -0.4 is 4.74 Å². The van der Waals surface area contributed by atoms with Gasteiger partial charge in [-0.25, -0.2) is 0 Å². The van der Waals surface area contributed by atoms with Crippen molar-refractivity contribution >= 4 is 32.7 Å². The lowest BCUT2D eigenvalue weighted by Gasteiger charge is -2.27. The Morgan fingerprint density at radius 1 is 1.04 bits per heavy atom. The van der Waals surface area contributed by atoms with Crippen LogP contribution in [0.15, 0.2) is 59.1 Å². The molecule has 0 saturated heterocycles. The summed E-state index contributed by atoms with van der Waals surface area (Å²) in [6.45, 7) is 0. The highest BCUT2D eigenvalue weighted by Gasteiger charge is 2.31. The first-order valence-electron chi connectivity index (χ1n) is 7.34. The first-order chi connectivity index (χ1) is 11.1. The van der Waals surface area contributed by atoms with Crippen molar-refractivity contribution in [1.82, 2.24) is 0 Å². The second-order valence-electron chi connectivity index (χ2n) is 5.64. The summed E-state index contributed by atoms with van der Waals surface area (Å²) in [5, 5.41) is 11.9. The topological polar surface area (TPSA) is 46.5 Å². The van der Waals surface area contributed by atoms with Gasteiger partial charge in [-0.2, -0.15) is 0 Å². The molecule has 4 rings (SSSR count). The number of fused-ring (bicyclic) bond motifs is 3. The van der Waals surface area contributed by atoms with Crippen LogP contribution in [0, 0.1) is 0 Å². The van der Waals surface area contributed by atoms with Gasteiger partial charge >= 0.3 is 5.97 Å². The largest absolute Gasteiger partial charge is 0.507 e. The van der Waals surface area contributed by atoms with E-state index in [0.717, 1.165) is 26.4 Å². The first kappa shape index (κ1) is 14.3. The predicted octanol–water partition coefficient (Wildman–Crippen LogP) is 4.75. The van der Waals surface area contributed by atoms with Crippen molar-refractivity contribution in [3.63, 3.8) is 0 Å². The SMILES string of the molecule is O=C1CC(c2ccc(Br)cc2)c2c(cc(O)c3ccccc23)O1. The number of carbonyl (C=O) groups excluding carboxylic acids is 1. The Kier molecular flexibility index (Phi) is 3.34. The number of phenols is 1. The normalized spacial score (nSPS) is 16.9. The van der Waals surface area contributed by atoms with E-state index in [9.17, 15) is 9.90 Å². The summed E-state index contributed by atoms with van der Waals surface area (Å²) in [7, 11) is 0. The van der Waals surface area contributed by atoms with Crippen LogP contribution in [0.4, 0.5) is 0 Å². The minimum absolute atomic E-state index is 0.0788. The third-order valence-electron chi connectivity index (χ3n) is 4.24. The molecule has 0 radical (unpaired) electrons. The van der Waals surface area contributed by atoms with Crippen molar-refractivity contribution in [2.24, 2.45) is 0 Å². The van der Waals surface area contributed by atoms with Crippen LogP contribution in [-0.2, 0) is 4.79 Å². The van der Waals surface area contributed by atoms with E-state index >= 15 is 0 Å². The van der Waals surface area contributed by atoms with E-state index in [2.05, 4.69) is 15.9 Å². The van der Waals surface area contributed by atoms with Gasteiger partial charge in [0.1, 0.15) is 11.5 Å². The number of rotatable bonds is 1. The zero-order chi connectivity index (χ0) is 16.0. The molecule has 1 N–H and O–H groups in total. The van der Waals surface area contributed by atoms with Gasteiger partial charge < -0.3 is 9.84 Å². The Morgan fingerprint density at radius 3 is 2.48 bits per heavy atom. The summed E-state index contributed by atoms with van der Waals surface area (Å²) in [6.07, 6.45) is 0.295. The molecule has 1 heterocycles. The Labute approximate surface area is 141 Å². The van der Waals surface area contributed by atoms with Crippen LogP contribution in [0.3, 0.4) is 0 Å². The second-order valence-corrected chi connectivity index (χ2v) is 6.55. The molecule has 0 amide bonds. The van der Waals surface area contributed by atoms with Gasteiger partial charge in [0.25, 0.3) is 0 Å². The summed E-state index contributed by atoms with van der Waals surface area (Å²) in [6, 6.07) is 17.2. The molecule has 23 heavy (non-hydrogen) atoms. The number of hydrogen-bond acceptors (Lipinski definition) is 3. The fraction of sp³-hybridized carbons (Fsp3) is 0.105. The van der Waals surface area contributed by atoms with E-state index in [4.69, 9.17) is 4.74 Å². The van der Waals surface area contributed by atoms with Crippen LogP contribution in [0.1, 0.15) is 23.5 Å². The zero-order valence-corrected chi connectivity index (χ0v) is 13.7. The molecule has 0 saturated carbocycles. The molecule has 4 heteroatoms. The molecule has 0 spiro atoms. The quantitative estimate of drug-likeness (QED) is 0.498. The van der Waals surface area contributed by atoms with E-state index in [-0.39, 0.29) is 17.6 Å². The highest BCUT2D eigenvalue weighted by Crippen LogP contribution is 2.45. The monoisotopic (exact) mass is 368 g/mol. The standard InChI is InChI=1S/C19H13BrO3/c20-12-7-5-11(6-8-12)15-9-18(22)23-17-10-16(21)13-3-1-2-4-14(13)19(15)17/h1-8,10,15,21H,9H2. The number of benzene rings is 3. The first-order valence-corrected chi connectivity index (χ1v) is 8.13. The lowest BCUT2D eigenvalue weighted by Crippen LogP contribution is -2.21. The summed E-state index contributed by atoms with van der Waals surface area (Å²) >= 11 is 3.44. The van der Waals surface area contributed by atoms with Gasteiger partial charge in [-0.05, 0) is 23.1 Å². The van der Waals surface area contributed by atoms with Gasteiger partial charge in [-0.15, -0.1) is 0 Å². The predicted molar refractivity (Wildman–Crippen MR) is 91.8 cm³/mol. The molecule has 3 aromatic rings. The molecule has 0 aromatic heterocycles. The maximum Gasteiger partial charge on any atom is 0.312 e.